The van der Waals surface area contributed by atoms with Crippen LogP contribution in [0.25, 0.3) is 0 Å². The van der Waals surface area contributed by atoms with Gasteiger partial charge in [-0.05, 0) is 19.4 Å². The third-order valence-corrected chi connectivity index (χ3v) is 7.31. The molecule has 8 nitrogen and oxygen atoms in total. The first-order valence-corrected chi connectivity index (χ1v) is 9.37. The fraction of sp³-hybridized carbons (Fsp3) is 1.00. The first-order valence-electron chi connectivity index (χ1n) is 6.15. The molecule has 1 rings (SSSR count). The Morgan fingerprint density at radius 2 is 1.47 bits per heavy atom. The Morgan fingerprint density at radius 3 is 1.89 bits per heavy atom. The van der Waals surface area contributed by atoms with E-state index < -0.39 is 26.7 Å². The predicted octanol–water partition coefficient (Wildman–Crippen LogP) is 0.300. The van der Waals surface area contributed by atoms with Crippen molar-refractivity contribution in [3.63, 3.8) is 0 Å². The summed E-state index contributed by atoms with van der Waals surface area (Å²) >= 11 is 0. The van der Waals surface area contributed by atoms with Gasteiger partial charge in [0.15, 0.2) is 0 Å². The van der Waals surface area contributed by atoms with Crippen LogP contribution in [-0.4, -0.2) is 42.3 Å². The lowest BCUT2D eigenvalue weighted by molar-refractivity contribution is 0.121. The summed E-state index contributed by atoms with van der Waals surface area (Å²) in [6.07, 6.45) is 4.40. The summed E-state index contributed by atoms with van der Waals surface area (Å²) in [6.45, 7) is -0.0581. The Morgan fingerprint density at radius 1 is 1.00 bits per heavy atom. The predicted molar refractivity (Wildman–Crippen MR) is 68.5 cm³/mol. The van der Waals surface area contributed by atoms with Crippen molar-refractivity contribution in [2.45, 2.75) is 49.6 Å². The van der Waals surface area contributed by atoms with Crippen LogP contribution in [-0.2, 0) is 9.13 Å². The molecule has 10 heteroatoms. The van der Waals surface area contributed by atoms with Gasteiger partial charge in [-0.15, -0.1) is 0 Å². The van der Waals surface area contributed by atoms with Gasteiger partial charge in [-0.2, -0.15) is 0 Å². The highest BCUT2D eigenvalue weighted by Gasteiger charge is 2.58. The van der Waals surface area contributed by atoms with E-state index in [9.17, 15) is 14.2 Å². The third-order valence-electron chi connectivity index (χ3n) is 3.43. The van der Waals surface area contributed by atoms with Crippen LogP contribution in [0, 0.1) is 0 Å². The second-order valence-corrected chi connectivity index (χ2v) is 8.91. The summed E-state index contributed by atoms with van der Waals surface area (Å²) < 4.78 is 22.2. The Hall–Kier alpha value is 0.220. The van der Waals surface area contributed by atoms with Crippen molar-refractivity contribution in [2.75, 3.05) is 6.54 Å². The molecule has 114 valence electrons. The van der Waals surface area contributed by atoms with Crippen LogP contribution >= 0.6 is 15.2 Å². The quantitative estimate of drug-likeness (QED) is 0.383. The van der Waals surface area contributed by atoms with Gasteiger partial charge in [0, 0.05) is 12.5 Å². The number of hydrogen-bond acceptors (Lipinski definition) is 4. The van der Waals surface area contributed by atoms with Crippen molar-refractivity contribution < 1.29 is 33.8 Å². The Kier molecular flexibility index (Phi) is 5.75. The van der Waals surface area contributed by atoms with Crippen LogP contribution in [0.3, 0.4) is 0 Å². The van der Waals surface area contributed by atoms with E-state index in [2.05, 4.69) is 5.32 Å². The van der Waals surface area contributed by atoms with E-state index in [1.807, 2.05) is 0 Å². The van der Waals surface area contributed by atoms with E-state index in [-0.39, 0.29) is 12.6 Å². The van der Waals surface area contributed by atoms with Gasteiger partial charge in [0.25, 0.3) is 5.08 Å². The third kappa shape index (κ3) is 4.34. The smallest absolute Gasteiger partial charge is 0.367 e. The molecule has 0 aromatic rings. The molecule has 0 bridgehead atoms. The Bertz CT molecular complexity index is 362. The van der Waals surface area contributed by atoms with Crippen molar-refractivity contribution in [1.82, 2.24) is 5.32 Å². The first-order chi connectivity index (χ1) is 8.58. The van der Waals surface area contributed by atoms with Crippen LogP contribution in [0.1, 0.15) is 38.5 Å². The van der Waals surface area contributed by atoms with Gasteiger partial charge >= 0.3 is 15.2 Å². The maximum absolute atomic E-state index is 11.1. The standard InChI is InChI=1S/C9H21NO7P2/c11-9(18(12,13)14,19(15,16)17)6-7-10-8-4-2-1-3-5-8/h8,10-11H,1-7H2,(H2,12,13,14)(H2,15,16,17). The SMILES string of the molecule is O=P(O)(O)C(O)(CCNC1CCCCC1)P(=O)(O)O. The summed E-state index contributed by atoms with van der Waals surface area (Å²) in [5.74, 6) is 0. The van der Waals surface area contributed by atoms with Crippen LogP contribution in [0.15, 0.2) is 0 Å². The fourth-order valence-electron chi connectivity index (χ4n) is 2.21. The van der Waals surface area contributed by atoms with E-state index >= 15 is 0 Å². The molecule has 0 saturated heterocycles. The average molecular weight is 317 g/mol. The second kappa shape index (κ2) is 6.33. The van der Waals surface area contributed by atoms with Crippen molar-refractivity contribution in [3.05, 3.63) is 0 Å². The van der Waals surface area contributed by atoms with E-state index in [0.717, 1.165) is 32.1 Å². The van der Waals surface area contributed by atoms with Gasteiger partial charge in [-0.3, -0.25) is 9.13 Å². The van der Waals surface area contributed by atoms with Crippen molar-refractivity contribution in [3.8, 4) is 0 Å². The highest BCUT2D eigenvalue weighted by molar-refractivity contribution is 7.72. The largest absolute Gasteiger partial charge is 0.369 e. The lowest BCUT2D eigenvalue weighted by Crippen LogP contribution is -2.37. The number of rotatable bonds is 6. The van der Waals surface area contributed by atoms with E-state index in [4.69, 9.17) is 19.6 Å². The molecule has 1 aliphatic rings. The molecule has 1 saturated carbocycles. The maximum atomic E-state index is 11.1. The zero-order valence-corrected chi connectivity index (χ0v) is 12.3. The minimum atomic E-state index is -5.33. The van der Waals surface area contributed by atoms with Gasteiger partial charge in [-0.25, -0.2) is 0 Å². The maximum Gasteiger partial charge on any atom is 0.369 e. The van der Waals surface area contributed by atoms with Crippen molar-refractivity contribution >= 4 is 15.2 Å². The van der Waals surface area contributed by atoms with E-state index in [1.54, 1.807) is 0 Å². The molecule has 1 aliphatic carbocycles. The number of hydrogen-bond donors (Lipinski definition) is 6. The molecular formula is C9H21NO7P2. The topological polar surface area (TPSA) is 147 Å². The van der Waals surface area contributed by atoms with Gasteiger partial charge < -0.3 is 30.0 Å². The summed E-state index contributed by atoms with van der Waals surface area (Å²) in [5.41, 5.74) is 0. The zero-order chi connectivity index (χ0) is 14.7. The lowest BCUT2D eigenvalue weighted by atomic mass is 9.95. The number of nitrogens with one attached hydrogen (secondary N) is 1. The zero-order valence-electron chi connectivity index (χ0n) is 10.5. The van der Waals surface area contributed by atoms with Gasteiger partial charge in [0.1, 0.15) is 0 Å². The Balaban J connectivity index is 2.60. The van der Waals surface area contributed by atoms with Crippen molar-refractivity contribution in [1.29, 1.82) is 0 Å². The molecule has 0 atom stereocenters. The van der Waals surface area contributed by atoms with Crippen LogP contribution in [0.5, 0.6) is 0 Å². The molecule has 0 aliphatic heterocycles. The molecule has 0 unspecified atom stereocenters. The molecule has 6 N–H and O–H groups in total. The van der Waals surface area contributed by atoms with Gasteiger partial charge in [-0.1, -0.05) is 19.3 Å². The van der Waals surface area contributed by atoms with Crippen LogP contribution in [0.4, 0.5) is 0 Å². The summed E-state index contributed by atoms with van der Waals surface area (Å²) in [6, 6.07) is 0.173. The number of aliphatic hydroxyl groups is 1. The van der Waals surface area contributed by atoms with Crippen LogP contribution in [0.2, 0.25) is 0 Å². The first kappa shape index (κ1) is 17.3. The molecule has 0 aromatic heterocycles. The molecule has 0 heterocycles. The summed E-state index contributed by atoms with van der Waals surface area (Å²) in [7, 11) is -10.7. The highest BCUT2D eigenvalue weighted by Crippen LogP contribution is 2.68. The molecule has 0 radical (unpaired) electrons. The fourth-order valence-corrected chi connectivity index (χ4v) is 4.38. The molecule has 0 amide bonds. The summed E-state index contributed by atoms with van der Waals surface area (Å²) in [5, 5.41) is 9.32. The van der Waals surface area contributed by atoms with Gasteiger partial charge in [0.2, 0.25) is 0 Å². The molecule has 1 fully saturated rings. The minimum Gasteiger partial charge on any atom is -0.367 e. The van der Waals surface area contributed by atoms with Crippen molar-refractivity contribution in [2.24, 2.45) is 0 Å². The Labute approximate surface area is 111 Å². The molecule has 0 spiro atoms. The monoisotopic (exact) mass is 317 g/mol. The molecule has 0 aromatic carbocycles. The normalized spacial score (nSPS) is 19.6. The molecule has 19 heavy (non-hydrogen) atoms. The molecular weight excluding hydrogens is 296 g/mol. The lowest BCUT2D eigenvalue weighted by Gasteiger charge is -2.30. The van der Waals surface area contributed by atoms with E-state index in [1.165, 1.54) is 0 Å². The van der Waals surface area contributed by atoms with Crippen LogP contribution < -0.4 is 5.32 Å². The average Bonchev–Trinajstić information content (AvgIpc) is 2.27. The van der Waals surface area contributed by atoms with E-state index in [0.29, 0.717) is 0 Å². The minimum absolute atomic E-state index is 0.0581. The van der Waals surface area contributed by atoms with Gasteiger partial charge in [0.05, 0.1) is 0 Å². The summed E-state index contributed by atoms with van der Waals surface area (Å²) in [4.78, 5) is 35.8. The second-order valence-electron chi connectivity index (χ2n) is 4.90. The highest BCUT2D eigenvalue weighted by atomic mass is 31.2.